The van der Waals surface area contributed by atoms with E-state index in [4.69, 9.17) is 4.74 Å². The van der Waals surface area contributed by atoms with E-state index in [1.807, 2.05) is 4.90 Å². The van der Waals surface area contributed by atoms with Crippen molar-refractivity contribution in [2.24, 2.45) is 0 Å². The molecule has 0 spiro atoms. The molecule has 13 heteroatoms. The lowest BCUT2D eigenvalue weighted by molar-refractivity contribution is -0.274. The highest BCUT2D eigenvalue weighted by Gasteiger charge is 2.36. The van der Waals surface area contributed by atoms with E-state index >= 15 is 4.39 Å². The molecule has 210 valence electrons. The van der Waals surface area contributed by atoms with Crippen LogP contribution in [0.2, 0.25) is 0 Å². The van der Waals surface area contributed by atoms with Gasteiger partial charge in [0, 0.05) is 18.3 Å². The van der Waals surface area contributed by atoms with Crippen LogP contribution in [0.3, 0.4) is 0 Å². The molecule has 0 amide bonds. The van der Waals surface area contributed by atoms with Crippen molar-refractivity contribution in [1.82, 2.24) is 14.9 Å². The van der Waals surface area contributed by atoms with E-state index in [9.17, 15) is 26.0 Å². The van der Waals surface area contributed by atoms with Crippen molar-refractivity contribution in [1.29, 1.82) is 0 Å². The van der Waals surface area contributed by atoms with Crippen LogP contribution in [-0.2, 0) is 15.6 Å². The molecular weight excluding hydrogens is 545 g/mol. The Labute approximate surface area is 222 Å². The second kappa shape index (κ2) is 11.4. The first-order chi connectivity index (χ1) is 18.3. The van der Waals surface area contributed by atoms with Crippen molar-refractivity contribution < 1.29 is 39.8 Å². The summed E-state index contributed by atoms with van der Waals surface area (Å²) >= 11 is 0. The van der Waals surface area contributed by atoms with Gasteiger partial charge in [0.1, 0.15) is 28.9 Å². The van der Waals surface area contributed by atoms with E-state index in [0.717, 1.165) is 12.4 Å². The lowest BCUT2D eigenvalue weighted by Gasteiger charge is -2.40. The highest BCUT2D eigenvalue weighted by Crippen LogP contribution is 2.39. The summed E-state index contributed by atoms with van der Waals surface area (Å²) in [5.74, 6) is -3.68. The summed E-state index contributed by atoms with van der Waals surface area (Å²) in [6.45, 7) is 0. The quantitative estimate of drug-likeness (QED) is 0.341. The minimum atomic E-state index is -4.81. The van der Waals surface area contributed by atoms with Gasteiger partial charge in [0.15, 0.2) is 21.4 Å². The third kappa shape index (κ3) is 7.21. The predicted octanol–water partition coefficient (Wildman–Crippen LogP) is 5.27. The lowest BCUT2D eigenvalue weighted by Crippen LogP contribution is -2.46. The van der Waals surface area contributed by atoms with E-state index in [2.05, 4.69) is 14.7 Å². The van der Waals surface area contributed by atoms with Crippen molar-refractivity contribution in [3.05, 3.63) is 77.9 Å². The maximum Gasteiger partial charge on any atom is 0.573 e. The number of hydrogen-bond acceptors (Lipinski definition) is 7. The molecule has 1 aliphatic carbocycles. The summed E-state index contributed by atoms with van der Waals surface area (Å²) in [6.07, 6.45) is -1.50. The van der Waals surface area contributed by atoms with Gasteiger partial charge in [-0.3, -0.25) is 0 Å². The summed E-state index contributed by atoms with van der Waals surface area (Å²) in [5.41, 5.74) is 0.795. The number of benzene rings is 2. The van der Waals surface area contributed by atoms with Gasteiger partial charge in [-0.15, -0.1) is 13.2 Å². The smallest absolute Gasteiger partial charge is 0.486 e. The van der Waals surface area contributed by atoms with E-state index in [0.29, 0.717) is 30.9 Å². The van der Waals surface area contributed by atoms with Gasteiger partial charge < -0.3 is 14.4 Å². The molecule has 39 heavy (non-hydrogen) atoms. The number of hydrogen-bond donors (Lipinski definition) is 0. The van der Waals surface area contributed by atoms with E-state index in [-0.39, 0.29) is 23.4 Å². The maximum atomic E-state index is 15.0. The second-order valence-electron chi connectivity index (χ2n) is 9.49. The average molecular weight is 572 g/mol. The van der Waals surface area contributed by atoms with E-state index in [1.54, 1.807) is 20.2 Å². The summed E-state index contributed by atoms with van der Waals surface area (Å²) in [6, 6.07) is 8.17. The fraction of sp³-hybridized carbons (Fsp3) is 0.385. The lowest BCUT2D eigenvalue weighted by atomic mass is 9.79. The van der Waals surface area contributed by atoms with Gasteiger partial charge in [-0.05, 0) is 69.1 Å². The minimum Gasteiger partial charge on any atom is -0.486 e. The fourth-order valence-corrected chi connectivity index (χ4v) is 6.10. The van der Waals surface area contributed by atoms with Crippen LogP contribution in [0.15, 0.2) is 59.9 Å². The van der Waals surface area contributed by atoms with Crippen LogP contribution in [0.1, 0.15) is 36.4 Å². The Kier molecular flexibility index (Phi) is 8.40. The monoisotopic (exact) mass is 571 g/mol. The molecule has 1 fully saturated rings. The minimum absolute atomic E-state index is 0.120. The van der Waals surface area contributed by atoms with Crippen LogP contribution < -0.4 is 9.47 Å². The molecule has 0 unspecified atom stereocenters. The summed E-state index contributed by atoms with van der Waals surface area (Å²) < 4.78 is 103. The molecule has 7 nitrogen and oxygen atoms in total. The maximum absolute atomic E-state index is 15.0. The van der Waals surface area contributed by atoms with Gasteiger partial charge in [-0.25, -0.2) is 27.2 Å². The van der Waals surface area contributed by atoms with Crippen molar-refractivity contribution in [2.45, 2.75) is 54.3 Å². The van der Waals surface area contributed by atoms with Crippen molar-refractivity contribution in [2.75, 3.05) is 14.1 Å². The van der Waals surface area contributed by atoms with Crippen LogP contribution in [0.5, 0.6) is 11.5 Å². The second-order valence-corrected chi connectivity index (χ2v) is 11.4. The summed E-state index contributed by atoms with van der Waals surface area (Å²) in [4.78, 5) is 8.56. The molecule has 0 bridgehead atoms. The summed E-state index contributed by atoms with van der Waals surface area (Å²) in [7, 11) is -0.675. The molecule has 1 saturated carbocycles. The Bertz CT molecular complexity index is 1400. The number of nitrogens with zero attached hydrogens (tertiary/aromatic N) is 3. The van der Waals surface area contributed by atoms with Gasteiger partial charge in [0.05, 0.1) is 11.4 Å². The largest absolute Gasteiger partial charge is 0.573 e. The third-order valence-corrected chi connectivity index (χ3v) is 8.22. The van der Waals surface area contributed by atoms with E-state index in [1.165, 1.54) is 30.5 Å². The third-order valence-electron chi connectivity index (χ3n) is 6.56. The molecule has 1 heterocycles. The number of sulfone groups is 1. The van der Waals surface area contributed by atoms with Crippen LogP contribution in [0.4, 0.5) is 22.0 Å². The molecule has 4 rings (SSSR count). The van der Waals surface area contributed by atoms with Crippen LogP contribution in [-0.4, -0.2) is 55.9 Å². The molecular formula is C26H26F5N3O4S. The Balaban J connectivity index is 1.50. The number of ether oxygens (including phenoxy) is 2. The zero-order valence-corrected chi connectivity index (χ0v) is 21.8. The van der Waals surface area contributed by atoms with Gasteiger partial charge in [0.25, 0.3) is 0 Å². The van der Waals surface area contributed by atoms with Crippen LogP contribution >= 0.6 is 0 Å². The Morgan fingerprint density at radius 1 is 1.05 bits per heavy atom. The molecule has 3 atom stereocenters. The SMILES string of the molecule is CN(C)[C@H]1C[C@@H](c2cccc(OC(F)(F)F)c2)CC[C@@H]1Oc1cc(F)c(S(=O)(=O)Cc2ccncn2)cc1F. The molecule has 0 N–H and O–H groups in total. The molecule has 1 aromatic heterocycles. The Morgan fingerprint density at radius 2 is 1.82 bits per heavy atom. The number of halogens is 5. The van der Waals surface area contributed by atoms with Crippen molar-refractivity contribution >= 4 is 9.84 Å². The number of aromatic nitrogens is 2. The van der Waals surface area contributed by atoms with Crippen LogP contribution in [0.25, 0.3) is 0 Å². The molecule has 2 aromatic carbocycles. The zero-order chi connectivity index (χ0) is 28.4. The number of rotatable bonds is 8. The number of alkyl halides is 3. The normalized spacial score (nSPS) is 20.2. The molecule has 1 aliphatic rings. The molecule has 0 saturated heterocycles. The van der Waals surface area contributed by atoms with Gasteiger partial charge in [-0.1, -0.05) is 12.1 Å². The van der Waals surface area contributed by atoms with Crippen molar-refractivity contribution in [3.63, 3.8) is 0 Å². The zero-order valence-electron chi connectivity index (χ0n) is 21.0. The molecule has 3 aromatic rings. The standard InChI is InChI=1S/C26H26F5N3O4S/c1-34(2)22-11-17(16-4-3-5-19(10-16)38-26(29,30)31)6-7-23(22)37-24-12-21(28)25(13-20(24)27)39(35,36)14-18-8-9-32-15-33-18/h3-5,8-10,12-13,15,17,22-23H,6-7,11,14H2,1-2H3/t17-,22-,23-/m0/s1. The number of likely N-dealkylation sites (N-methyl/N-ethyl adjacent to an activating group) is 1. The molecule has 0 aliphatic heterocycles. The van der Waals surface area contributed by atoms with Crippen LogP contribution in [0, 0.1) is 11.6 Å². The van der Waals surface area contributed by atoms with Gasteiger partial charge >= 0.3 is 6.36 Å². The predicted molar refractivity (Wildman–Crippen MR) is 131 cm³/mol. The van der Waals surface area contributed by atoms with E-state index < -0.39 is 50.3 Å². The Morgan fingerprint density at radius 3 is 2.49 bits per heavy atom. The fourth-order valence-electron chi connectivity index (χ4n) is 4.75. The highest BCUT2D eigenvalue weighted by atomic mass is 32.2. The average Bonchev–Trinajstić information content (AvgIpc) is 2.85. The molecule has 0 radical (unpaired) electrons. The first-order valence-corrected chi connectivity index (χ1v) is 13.6. The Hall–Kier alpha value is -3.32. The summed E-state index contributed by atoms with van der Waals surface area (Å²) in [5, 5.41) is 0. The first-order valence-electron chi connectivity index (χ1n) is 12.0. The van der Waals surface area contributed by atoms with Crippen molar-refractivity contribution in [3.8, 4) is 11.5 Å². The topological polar surface area (TPSA) is 81.6 Å². The van der Waals surface area contributed by atoms with Gasteiger partial charge in [-0.2, -0.15) is 0 Å². The highest BCUT2D eigenvalue weighted by molar-refractivity contribution is 7.90. The van der Waals surface area contributed by atoms with Gasteiger partial charge in [0.2, 0.25) is 0 Å². The first kappa shape index (κ1) is 28.7.